The summed E-state index contributed by atoms with van der Waals surface area (Å²) in [6.07, 6.45) is 0.865. The summed E-state index contributed by atoms with van der Waals surface area (Å²) in [7, 11) is 3.19. The van der Waals surface area contributed by atoms with Gasteiger partial charge in [-0.3, -0.25) is 4.79 Å². The topological polar surface area (TPSA) is 47.6 Å². The van der Waals surface area contributed by atoms with Gasteiger partial charge in [0.05, 0.1) is 19.8 Å². The van der Waals surface area contributed by atoms with E-state index >= 15 is 0 Å². The fraction of sp³-hybridized carbons (Fsp3) is 0.562. The van der Waals surface area contributed by atoms with E-state index in [-0.39, 0.29) is 17.1 Å². The number of Topliss-reactive ketones (excluding diaryl/α,β-unsaturated/α-hetero) is 1. The van der Waals surface area contributed by atoms with Gasteiger partial charge in [0.1, 0.15) is 11.5 Å². The van der Waals surface area contributed by atoms with Crippen LogP contribution < -0.4 is 14.8 Å². The third kappa shape index (κ3) is 2.40. The van der Waals surface area contributed by atoms with Crippen LogP contribution in [0.1, 0.15) is 30.6 Å². The van der Waals surface area contributed by atoms with Gasteiger partial charge < -0.3 is 14.8 Å². The quantitative estimate of drug-likeness (QED) is 0.840. The summed E-state index contributed by atoms with van der Waals surface area (Å²) in [5.41, 5.74) is 0.267. The van der Waals surface area contributed by atoms with E-state index in [9.17, 15) is 4.79 Å². The van der Waals surface area contributed by atoms with E-state index in [2.05, 4.69) is 19.2 Å². The van der Waals surface area contributed by atoms with E-state index in [1.54, 1.807) is 26.4 Å². The summed E-state index contributed by atoms with van der Waals surface area (Å²) in [5.74, 6) is 1.72. The molecule has 1 unspecified atom stereocenters. The predicted molar refractivity (Wildman–Crippen MR) is 78.6 cm³/mol. The fourth-order valence-corrected chi connectivity index (χ4v) is 2.92. The van der Waals surface area contributed by atoms with Crippen molar-refractivity contribution in [1.82, 2.24) is 5.32 Å². The molecule has 1 saturated heterocycles. The second kappa shape index (κ2) is 5.83. The molecule has 110 valence electrons. The first kappa shape index (κ1) is 14.9. The molecule has 1 fully saturated rings. The molecule has 20 heavy (non-hydrogen) atoms. The highest BCUT2D eigenvalue weighted by molar-refractivity contribution is 6.03. The maximum Gasteiger partial charge on any atom is 0.174 e. The minimum Gasteiger partial charge on any atom is -0.497 e. The summed E-state index contributed by atoms with van der Waals surface area (Å²) >= 11 is 0. The Labute approximate surface area is 120 Å². The maximum atomic E-state index is 13.1. The zero-order valence-electron chi connectivity index (χ0n) is 12.7. The highest BCUT2D eigenvalue weighted by Crippen LogP contribution is 2.40. The fourth-order valence-electron chi connectivity index (χ4n) is 2.92. The van der Waals surface area contributed by atoms with E-state index in [1.165, 1.54) is 0 Å². The standard InChI is InChI=1S/C16H23NO3/c1-11(2)16(7-8-17-10-16)15(18)13-9-12(19-3)5-6-14(13)20-4/h5-6,9,11,17H,7-8,10H2,1-4H3. The van der Waals surface area contributed by atoms with Gasteiger partial charge in [-0.15, -0.1) is 0 Å². The van der Waals surface area contributed by atoms with Crippen LogP contribution in [0.5, 0.6) is 11.5 Å². The molecular formula is C16H23NO3. The van der Waals surface area contributed by atoms with Crippen LogP contribution in [0.2, 0.25) is 0 Å². The number of rotatable bonds is 5. The maximum absolute atomic E-state index is 13.1. The minimum absolute atomic E-state index is 0.147. The molecule has 1 heterocycles. The molecule has 0 radical (unpaired) electrons. The Morgan fingerprint density at radius 2 is 2.05 bits per heavy atom. The van der Waals surface area contributed by atoms with Crippen LogP contribution in [0, 0.1) is 11.3 Å². The van der Waals surface area contributed by atoms with Crippen molar-refractivity contribution in [1.29, 1.82) is 0 Å². The SMILES string of the molecule is COc1ccc(OC)c(C(=O)C2(C(C)C)CCNC2)c1. The largest absolute Gasteiger partial charge is 0.497 e. The van der Waals surface area contributed by atoms with Gasteiger partial charge in [0.15, 0.2) is 5.78 Å². The number of ether oxygens (including phenoxy) is 2. The lowest BCUT2D eigenvalue weighted by Crippen LogP contribution is -2.38. The molecule has 0 aromatic heterocycles. The van der Waals surface area contributed by atoms with Gasteiger partial charge >= 0.3 is 0 Å². The second-order valence-electron chi connectivity index (χ2n) is 5.63. The van der Waals surface area contributed by atoms with Crippen molar-refractivity contribution < 1.29 is 14.3 Å². The van der Waals surface area contributed by atoms with Crippen LogP contribution >= 0.6 is 0 Å². The number of nitrogens with one attached hydrogen (secondary N) is 1. The van der Waals surface area contributed by atoms with Crippen LogP contribution in [0.15, 0.2) is 18.2 Å². The molecule has 0 saturated carbocycles. The van der Waals surface area contributed by atoms with Crippen molar-refractivity contribution in [2.24, 2.45) is 11.3 Å². The van der Waals surface area contributed by atoms with Crippen LogP contribution in [0.25, 0.3) is 0 Å². The zero-order valence-corrected chi connectivity index (χ0v) is 12.7. The third-order valence-electron chi connectivity index (χ3n) is 4.40. The first-order chi connectivity index (χ1) is 9.55. The van der Waals surface area contributed by atoms with Crippen molar-refractivity contribution in [3.8, 4) is 11.5 Å². The molecule has 2 rings (SSSR count). The van der Waals surface area contributed by atoms with Crippen molar-refractivity contribution in [2.75, 3.05) is 27.3 Å². The lowest BCUT2D eigenvalue weighted by atomic mass is 9.71. The number of carbonyl (C=O) groups excluding carboxylic acids is 1. The van der Waals surface area contributed by atoms with E-state index in [0.29, 0.717) is 17.1 Å². The first-order valence-electron chi connectivity index (χ1n) is 7.02. The summed E-state index contributed by atoms with van der Waals surface area (Å²) in [4.78, 5) is 13.1. The molecule has 1 aromatic carbocycles. The van der Waals surface area contributed by atoms with Gasteiger partial charge in [-0.2, -0.15) is 0 Å². The van der Waals surface area contributed by atoms with Gasteiger partial charge in [0, 0.05) is 12.0 Å². The summed E-state index contributed by atoms with van der Waals surface area (Å²) in [6, 6.07) is 5.39. The van der Waals surface area contributed by atoms with E-state index in [0.717, 1.165) is 19.5 Å². The summed E-state index contributed by atoms with van der Waals surface area (Å²) < 4.78 is 10.6. The van der Waals surface area contributed by atoms with Crippen molar-refractivity contribution in [2.45, 2.75) is 20.3 Å². The first-order valence-corrected chi connectivity index (χ1v) is 7.02. The van der Waals surface area contributed by atoms with Crippen LogP contribution in [-0.2, 0) is 0 Å². The molecule has 4 nitrogen and oxygen atoms in total. The van der Waals surface area contributed by atoms with Crippen molar-refractivity contribution in [3.05, 3.63) is 23.8 Å². The Balaban J connectivity index is 2.46. The smallest absolute Gasteiger partial charge is 0.174 e. The molecule has 1 N–H and O–H groups in total. The molecule has 1 aliphatic heterocycles. The molecule has 0 amide bonds. The number of ketones is 1. The molecule has 0 spiro atoms. The van der Waals surface area contributed by atoms with Crippen LogP contribution in [-0.4, -0.2) is 33.1 Å². The summed E-state index contributed by atoms with van der Waals surface area (Å²) in [5, 5.41) is 3.32. The average Bonchev–Trinajstić information content (AvgIpc) is 2.96. The third-order valence-corrected chi connectivity index (χ3v) is 4.40. The Kier molecular flexibility index (Phi) is 4.33. The van der Waals surface area contributed by atoms with Crippen LogP contribution in [0.4, 0.5) is 0 Å². The highest BCUT2D eigenvalue weighted by Gasteiger charge is 2.44. The van der Waals surface area contributed by atoms with Gasteiger partial charge in [-0.25, -0.2) is 0 Å². The van der Waals surface area contributed by atoms with E-state index in [4.69, 9.17) is 9.47 Å². The Morgan fingerprint density at radius 1 is 1.30 bits per heavy atom. The number of hydrogen-bond acceptors (Lipinski definition) is 4. The molecule has 1 aliphatic rings. The molecule has 4 heteroatoms. The predicted octanol–water partition coefficient (Wildman–Crippen LogP) is 2.52. The number of benzene rings is 1. The summed E-state index contributed by atoms with van der Waals surface area (Å²) in [6.45, 7) is 5.83. The Hall–Kier alpha value is -1.55. The lowest BCUT2D eigenvalue weighted by molar-refractivity contribution is 0.0736. The van der Waals surface area contributed by atoms with Crippen LogP contribution in [0.3, 0.4) is 0 Å². The van der Waals surface area contributed by atoms with E-state index < -0.39 is 0 Å². The number of methoxy groups -OCH3 is 2. The molecule has 0 aliphatic carbocycles. The minimum atomic E-state index is -0.348. The zero-order chi connectivity index (χ0) is 14.8. The van der Waals surface area contributed by atoms with E-state index in [1.807, 2.05) is 6.07 Å². The number of hydrogen-bond donors (Lipinski definition) is 1. The second-order valence-corrected chi connectivity index (χ2v) is 5.63. The monoisotopic (exact) mass is 277 g/mol. The van der Waals surface area contributed by atoms with Gasteiger partial charge in [0.2, 0.25) is 0 Å². The van der Waals surface area contributed by atoms with Crippen molar-refractivity contribution >= 4 is 5.78 Å². The van der Waals surface area contributed by atoms with Crippen molar-refractivity contribution in [3.63, 3.8) is 0 Å². The normalized spacial score (nSPS) is 22.1. The average molecular weight is 277 g/mol. The Morgan fingerprint density at radius 3 is 2.55 bits per heavy atom. The molecule has 0 bridgehead atoms. The molecule has 1 atom stereocenters. The van der Waals surface area contributed by atoms with Gasteiger partial charge in [0.25, 0.3) is 0 Å². The lowest BCUT2D eigenvalue weighted by Gasteiger charge is -2.31. The number of carbonyl (C=O) groups is 1. The van der Waals surface area contributed by atoms with Gasteiger partial charge in [-0.05, 0) is 37.1 Å². The molecular weight excluding hydrogens is 254 g/mol. The highest BCUT2D eigenvalue weighted by atomic mass is 16.5. The molecule has 1 aromatic rings. The Bertz CT molecular complexity index is 490. The van der Waals surface area contributed by atoms with Gasteiger partial charge in [-0.1, -0.05) is 13.8 Å².